The van der Waals surface area contributed by atoms with E-state index in [9.17, 15) is 4.79 Å². The fourth-order valence-electron chi connectivity index (χ4n) is 4.43. The Hall–Kier alpha value is -3.31. The van der Waals surface area contributed by atoms with Gasteiger partial charge in [-0.3, -0.25) is 4.79 Å². The summed E-state index contributed by atoms with van der Waals surface area (Å²) in [6.07, 6.45) is 6.42. The normalized spacial score (nSPS) is 11.1. The van der Waals surface area contributed by atoms with Crippen LogP contribution in [-0.2, 0) is 24.2 Å². The minimum atomic E-state index is 0.0514. The first-order valence-corrected chi connectivity index (χ1v) is 13.6. The molecule has 6 heteroatoms. The van der Waals surface area contributed by atoms with E-state index in [-0.39, 0.29) is 5.91 Å². The number of carbonyl (C=O) groups excluding carboxylic acids is 1. The summed E-state index contributed by atoms with van der Waals surface area (Å²) in [4.78, 5) is 17.1. The van der Waals surface area contributed by atoms with Gasteiger partial charge in [-0.1, -0.05) is 60.0 Å². The van der Waals surface area contributed by atoms with Gasteiger partial charge >= 0.3 is 0 Å². The van der Waals surface area contributed by atoms with Crippen LogP contribution < -0.4 is 10.1 Å². The molecule has 0 radical (unpaired) electrons. The lowest BCUT2D eigenvalue weighted by molar-refractivity contribution is -0.120. The molecule has 0 saturated carbocycles. The third-order valence-electron chi connectivity index (χ3n) is 6.48. The molecule has 0 aliphatic heterocycles. The number of halogens is 1. The molecule has 0 saturated heterocycles. The molecule has 4 aromatic rings. The van der Waals surface area contributed by atoms with Gasteiger partial charge in [-0.25, -0.2) is 4.98 Å². The number of carbonyl (C=O) groups is 1. The van der Waals surface area contributed by atoms with Crippen molar-refractivity contribution in [1.82, 2.24) is 14.9 Å². The lowest BCUT2D eigenvalue weighted by Crippen LogP contribution is -2.26. The van der Waals surface area contributed by atoms with Crippen LogP contribution >= 0.6 is 11.6 Å². The largest absolute Gasteiger partial charge is 0.494 e. The Balaban J connectivity index is 1.18. The molecule has 0 bridgehead atoms. The number of ether oxygens (including phenoxy) is 1. The number of benzene rings is 3. The van der Waals surface area contributed by atoms with Crippen LogP contribution in [0.15, 0.2) is 72.8 Å². The fourth-order valence-corrected chi connectivity index (χ4v) is 4.55. The Morgan fingerprint density at radius 3 is 2.51 bits per heavy atom. The SMILES string of the molecule is Cc1ccc(OCCCCn2c(CCCCCNC(=O)Cc3ccc(Cl)cc3)nc3ccccc32)cc1. The molecule has 0 spiro atoms. The van der Waals surface area contributed by atoms with Gasteiger partial charge in [0.05, 0.1) is 24.1 Å². The highest BCUT2D eigenvalue weighted by atomic mass is 35.5. The van der Waals surface area contributed by atoms with Gasteiger partial charge in [0.15, 0.2) is 0 Å². The van der Waals surface area contributed by atoms with Crippen molar-refractivity contribution in [3.63, 3.8) is 0 Å². The average Bonchev–Trinajstić information content (AvgIpc) is 3.25. The molecular weight excluding hydrogens is 482 g/mol. The van der Waals surface area contributed by atoms with E-state index < -0.39 is 0 Å². The van der Waals surface area contributed by atoms with Crippen LogP contribution in [0, 0.1) is 6.92 Å². The number of imidazole rings is 1. The smallest absolute Gasteiger partial charge is 0.224 e. The maximum absolute atomic E-state index is 12.2. The second-order valence-corrected chi connectivity index (χ2v) is 9.94. The molecule has 5 nitrogen and oxygen atoms in total. The number of hydrogen-bond donors (Lipinski definition) is 1. The van der Waals surface area contributed by atoms with Crippen molar-refractivity contribution in [2.75, 3.05) is 13.2 Å². The molecule has 1 N–H and O–H groups in total. The summed E-state index contributed by atoms with van der Waals surface area (Å²) in [7, 11) is 0. The molecule has 0 unspecified atom stereocenters. The highest BCUT2D eigenvalue weighted by Gasteiger charge is 2.10. The zero-order chi connectivity index (χ0) is 25.9. The van der Waals surface area contributed by atoms with Gasteiger partial charge in [-0.2, -0.15) is 0 Å². The van der Waals surface area contributed by atoms with Gasteiger partial charge < -0.3 is 14.6 Å². The molecule has 37 heavy (non-hydrogen) atoms. The molecule has 0 aliphatic rings. The van der Waals surface area contributed by atoms with Crippen LogP contribution in [0.4, 0.5) is 0 Å². The molecule has 0 atom stereocenters. The number of para-hydroxylation sites is 2. The Kier molecular flexibility index (Phi) is 10.0. The van der Waals surface area contributed by atoms with Gasteiger partial charge in [-0.15, -0.1) is 0 Å². The Bertz CT molecular complexity index is 1270. The van der Waals surface area contributed by atoms with Gasteiger partial charge in [0.25, 0.3) is 0 Å². The molecule has 4 rings (SSSR count). The maximum Gasteiger partial charge on any atom is 0.224 e. The van der Waals surface area contributed by atoms with Crippen molar-refractivity contribution in [2.45, 2.75) is 58.4 Å². The number of rotatable bonds is 14. The van der Waals surface area contributed by atoms with E-state index in [1.54, 1.807) is 0 Å². The molecule has 1 amide bonds. The summed E-state index contributed by atoms with van der Waals surface area (Å²) in [5, 5.41) is 3.71. The van der Waals surface area contributed by atoms with E-state index in [1.807, 2.05) is 42.5 Å². The number of aryl methyl sites for hydroxylation is 3. The highest BCUT2D eigenvalue weighted by molar-refractivity contribution is 6.30. The Labute approximate surface area is 224 Å². The Morgan fingerprint density at radius 1 is 0.919 bits per heavy atom. The zero-order valence-electron chi connectivity index (χ0n) is 21.6. The van der Waals surface area contributed by atoms with Crippen molar-refractivity contribution in [3.05, 3.63) is 94.8 Å². The average molecular weight is 518 g/mol. The number of aromatic nitrogens is 2. The molecular formula is C31H36ClN3O2. The van der Waals surface area contributed by atoms with E-state index in [0.29, 0.717) is 18.0 Å². The van der Waals surface area contributed by atoms with E-state index in [0.717, 1.165) is 74.3 Å². The van der Waals surface area contributed by atoms with Crippen molar-refractivity contribution >= 4 is 28.5 Å². The van der Waals surface area contributed by atoms with Gasteiger partial charge in [0.1, 0.15) is 11.6 Å². The summed E-state index contributed by atoms with van der Waals surface area (Å²) < 4.78 is 8.27. The van der Waals surface area contributed by atoms with Crippen LogP contribution in [-0.4, -0.2) is 28.6 Å². The highest BCUT2D eigenvalue weighted by Crippen LogP contribution is 2.19. The molecule has 0 aliphatic carbocycles. The predicted molar refractivity (Wildman–Crippen MR) is 151 cm³/mol. The quantitative estimate of drug-likeness (QED) is 0.184. The standard InChI is InChI=1S/C31H36ClN3O2/c1-24-12-18-27(19-13-24)37-22-8-7-21-35-29-10-5-4-9-28(29)34-30(35)11-3-2-6-20-33-31(36)23-25-14-16-26(32)17-15-25/h4-5,9-10,12-19H,2-3,6-8,11,20-23H2,1H3,(H,33,36). The van der Waals surface area contributed by atoms with E-state index in [4.69, 9.17) is 21.3 Å². The number of nitrogens with zero attached hydrogens (tertiary/aromatic N) is 2. The maximum atomic E-state index is 12.2. The van der Waals surface area contributed by atoms with Crippen LogP contribution in [0.1, 0.15) is 49.1 Å². The second-order valence-electron chi connectivity index (χ2n) is 9.50. The second kappa shape index (κ2) is 13.8. The van der Waals surface area contributed by atoms with Gasteiger partial charge in [0.2, 0.25) is 5.91 Å². The summed E-state index contributed by atoms with van der Waals surface area (Å²) in [5.74, 6) is 2.13. The van der Waals surface area contributed by atoms with Crippen molar-refractivity contribution in [3.8, 4) is 5.75 Å². The third-order valence-corrected chi connectivity index (χ3v) is 6.73. The van der Waals surface area contributed by atoms with Gasteiger partial charge in [0, 0.05) is 24.5 Å². The number of nitrogens with one attached hydrogen (secondary N) is 1. The number of fused-ring (bicyclic) bond motifs is 1. The summed E-state index contributed by atoms with van der Waals surface area (Å²) in [6.45, 7) is 4.44. The molecule has 194 valence electrons. The monoisotopic (exact) mass is 517 g/mol. The lowest BCUT2D eigenvalue weighted by Gasteiger charge is -2.11. The predicted octanol–water partition coefficient (Wildman–Crippen LogP) is 6.93. The summed E-state index contributed by atoms with van der Waals surface area (Å²) >= 11 is 5.91. The van der Waals surface area contributed by atoms with Crippen molar-refractivity contribution in [1.29, 1.82) is 0 Å². The van der Waals surface area contributed by atoms with E-state index in [1.165, 1.54) is 11.1 Å². The fraction of sp³-hybridized carbons (Fsp3) is 0.355. The van der Waals surface area contributed by atoms with Crippen LogP contribution in [0.2, 0.25) is 5.02 Å². The number of amides is 1. The Morgan fingerprint density at radius 2 is 1.70 bits per heavy atom. The van der Waals surface area contributed by atoms with Crippen LogP contribution in [0.3, 0.4) is 0 Å². The van der Waals surface area contributed by atoms with Crippen molar-refractivity contribution < 1.29 is 9.53 Å². The molecule has 0 fully saturated rings. The first kappa shape index (κ1) is 26.7. The van der Waals surface area contributed by atoms with E-state index in [2.05, 4.69) is 47.1 Å². The summed E-state index contributed by atoms with van der Waals surface area (Å²) in [6, 6.07) is 24.0. The first-order valence-electron chi connectivity index (χ1n) is 13.2. The zero-order valence-corrected chi connectivity index (χ0v) is 22.3. The number of hydrogen-bond acceptors (Lipinski definition) is 3. The van der Waals surface area contributed by atoms with Crippen LogP contribution in [0.5, 0.6) is 5.75 Å². The third kappa shape index (κ3) is 8.36. The molecule has 3 aromatic carbocycles. The first-order chi connectivity index (χ1) is 18.1. The molecule has 1 aromatic heterocycles. The van der Waals surface area contributed by atoms with E-state index >= 15 is 0 Å². The van der Waals surface area contributed by atoms with Gasteiger partial charge in [-0.05, 0) is 74.6 Å². The summed E-state index contributed by atoms with van der Waals surface area (Å²) in [5.41, 5.74) is 4.47. The van der Waals surface area contributed by atoms with Crippen LogP contribution in [0.25, 0.3) is 11.0 Å². The van der Waals surface area contributed by atoms with Crippen molar-refractivity contribution in [2.24, 2.45) is 0 Å². The minimum absolute atomic E-state index is 0.0514. The topological polar surface area (TPSA) is 56.1 Å². The number of unbranched alkanes of at least 4 members (excludes halogenated alkanes) is 3. The molecule has 1 heterocycles. The lowest BCUT2D eigenvalue weighted by atomic mass is 10.1. The minimum Gasteiger partial charge on any atom is -0.494 e.